The Morgan fingerprint density at radius 2 is 2.23 bits per heavy atom. The minimum atomic E-state index is -3.72. The van der Waals surface area contributed by atoms with Crippen LogP contribution >= 0.6 is 11.6 Å². The summed E-state index contributed by atoms with van der Waals surface area (Å²) in [4.78, 5) is 12.3. The molecule has 0 aromatic rings. The van der Waals surface area contributed by atoms with E-state index in [1.54, 1.807) is 0 Å². The topological polar surface area (TPSA) is 20.3 Å². The second kappa shape index (κ2) is 2.80. The number of fused-ring (bicyclic) bond motifs is 1. The van der Waals surface area contributed by atoms with Gasteiger partial charge in [0.2, 0.25) is 0 Å². The molecule has 0 aromatic carbocycles. The third-order valence-corrected chi connectivity index (χ3v) is 2.92. The number of rotatable bonds is 1. The molecule has 2 aliphatic rings. The highest BCUT2D eigenvalue weighted by atomic mass is 35.5. The largest absolute Gasteiger partial charge is 0.399 e. The second-order valence-electron chi connectivity index (χ2n) is 3.70. The fourth-order valence-electron chi connectivity index (χ4n) is 2.03. The van der Waals surface area contributed by atoms with Gasteiger partial charge in [0.25, 0.3) is 0 Å². The Morgan fingerprint density at radius 3 is 2.85 bits per heavy atom. The molecule has 1 amide bonds. The van der Waals surface area contributed by atoms with Gasteiger partial charge in [0.15, 0.2) is 0 Å². The normalized spacial score (nSPS) is 32.7. The van der Waals surface area contributed by atoms with Gasteiger partial charge in [-0.3, -0.25) is 4.79 Å². The lowest BCUT2D eigenvalue weighted by Crippen LogP contribution is -2.44. The molecular weight excluding hydrogens is 200 g/mol. The Morgan fingerprint density at radius 1 is 1.54 bits per heavy atom. The Balaban J connectivity index is 2.04. The number of nitrogens with zero attached hydrogens (tertiary/aromatic N) is 1. The average molecular weight is 210 g/mol. The summed E-state index contributed by atoms with van der Waals surface area (Å²) in [5.74, 6) is -0.766. The SMILES string of the molecule is O=C(N1CCCC2CC21)C(F)(F)Cl. The molecule has 2 nitrogen and oxygen atoms in total. The van der Waals surface area contributed by atoms with Crippen LogP contribution in [0.3, 0.4) is 0 Å². The minimum absolute atomic E-state index is 0.0471. The van der Waals surface area contributed by atoms with Crippen molar-refractivity contribution in [2.45, 2.75) is 30.7 Å². The molecule has 1 saturated carbocycles. The molecule has 74 valence electrons. The number of piperidine rings is 1. The van der Waals surface area contributed by atoms with Crippen molar-refractivity contribution in [1.82, 2.24) is 4.90 Å². The van der Waals surface area contributed by atoms with E-state index in [2.05, 4.69) is 11.6 Å². The maximum Gasteiger partial charge on any atom is 0.399 e. The zero-order chi connectivity index (χ0) is 9.64. The zero-order valence-corrected chi connectivity index (χ0v) is 7.73. The summed E-state index contributed by atoms with van der Waals surface area (Å²) >= 11 is 4.68. The number of likely N-dealkylation sites (tertiary alicyclic amines) is 1. The zero-order valence-electron chi connectivity index (χ0n) is 6.97. The molecule has 1 aliphatic carbocycles. The van der Waals surface area contributed by atoms with Gasteiger partial charge in [0, 0.05) is 12.6 Å². The van der Waals surface area contributed by atoms with E-state index in [0.29, 0.717) is 12.5 Å². The fourth-order valence-corrected chi connectivity index (χ4v) is 2.14. The van der Waals surface area contributed by atoms with E-state index in [9.17, 15) is 13.6 Å². The van der Waals surface area contributed by atoms with Crippen molar-refractivity contribution in [3.8, 4) is 0 Å². The quantitative estimate of drug-likeness (QED) is 0.604. The Labute approximate surface area is 79.8 Å². The number of alkyl halides is 3. The van der Waals surface area contributed by atoms with Gasteiger partial charge in [-0.2, -0.15) is 8.78 Å². The van der Waals surface area contributed by atoms with Gasteiger partial charge in [0.1, 0.15) is 0 Å². The third-order valence-electron chi connectivity index (χ3n) is 2.76. The standard InChI is InChI=1S/C8H10ClF2NO/c9-8(10,11)7(13)12-3-1-2-5-4-6(5)12/h5-6H,1-4H2. The molecule has 0 bridgehead atoms. The first-order valence-corrected chi connectivity index (χ1v) is 4.76. The van der Waals surface area contributed by atoms with E-state index in [-0.39, 0.29) is 6.04 Å². The fraction of sp³-hybridized carbons (Fsp3) is 0.875. The van der Waals surface area contributed by atoms with Gasteiger partial charge < -0.3 is 4.90 Å². The van der Waals surface area contributed by atoms with Crippen molar-refractivity contribution in [2.24, 2.45) is 5.92 Å². The number of hydrogen-bond acceptors (Lipinski definition) is 1. The van der Waals surface area contributed by atoms with Gasteiger partial charge in [-0.05, 0) is 36.8 Å². The van der Waals surface area contributed by atoms with Crippen LogP contribution in [0.5, 0.6) is 0 Å². The third kappa shape index (κ3) is 1.64. The lowest BCUT2D eigenvalue weighted by molar-refractivity contribution is -0.148. The highest BCUT2D eigenvalue weighted by molar-refractivity contribution is 6.32. The van der Waals surface area contributed by atoms with E-state index < -0.39 is 11.3 Å². The van der Waals surface area contributed by atoms with Crippen LogP contribution in [0.2, 0.25) is 0 Å². The molecule has 2 rings (SSSR count). The summed E-state index contributed by atoms with van der Waals surface area (Å²) in [6, 6.07) is 0.0471. The first-order chi connectivity index (χ1) is 6.00. The first kappa shape index (κ1) is 9.19. The van der Waals surface area contributed by atoms with Crippen LogP contribution in [-0.2, 0) is 4.79 Å². The van der Waals surface area contributed by atoms with Crippen LogP contribution in [-0.4, -0.2) is 28.8 Å². The van der Waals surface area contributed by atoms with Gasteiger partial charge in [-0.25, -0.2) is 0 Å². The molecule has 5 heteroatoms. The Kier molecular flexibility index (Phi) is 1.98. The molecule has 2 fully saturated rings. The molecule has 1 saturated heterocycles. The molecule has 1 heterocycles. The lowest BCUT2D eigenvalue weighted by atomic mass is 10.1. The summed E-state index contributed by atoms with van der Waals surface area (Å²) in [6.45, 7) is 0.433. The van der Waals surface area contributed by atoms with Crippen molar-refractivity contribution in [3.05, 3.63) is 0 Å². The molecule has 0 spiro atoms. The van der Waals surface area contributed by atoms with Gasteiger partial charge in [-0.1, -0.05) is 0 Å². The maximum atomic E-state index is 12.5. The molecule has 0 N–H and O–H groups in total. The van der Waals surface area contributed by atoms with Crippen LogP contribution < -0.4 is 0 Å². The van der Waals surface area contributed by atoms with Gasteiger partial charge >= 0.3 is 11.3 Å². The first-order valence-electron chi connectivity index (χ1n) is 4.38. The number of carbonyl (C=O) groups excluding carboxylic acids is 1. The Hall–Kier alpha value is -0.380. The predicted octanol–water partition coefficient (Wildman–Crippen LogP) is 1.83. The summed E-state index contributed by atoms with van der Waals surface area (Å²) in [6.07, 6.45) is 2.75. The number of hydrogen-bond donors (Lipinski definition) is 0. The summed E-state index contributed by atoms with van der Waals surface area (Å²) in [7, 11) is 0. The van der Waals surface area contributed by atoms with E-state index >= 15 is 0 Å². The van der Waals surface area contributed by atoms with Crippen LogP contribution in [0, 0.1) is 5.92 Å². The average Bonchev–Trinajstić information content (AvgIpc) is 2.78. The van der Waals surface area contributed by atoms with Crippen LogP contribution in [0.15, 0.2) is 0 Å². The van der Waals surface area contributed by atoms with Crippen LogP contribution in [0.1, 0.15) is 19.3 Å². The molecule has 2 unspecified atom stereocenters. The highest BCUT2D eigenvalue weighted by Gasteiger charge is 2.51. The smallest absolute Gasteiger partial charge is 0.333 e. The minimum Gasteiger partial charge on any atom is -0.333 e. The van der Waals surface area contributed by atoms with Crippen molar-refractivity contribution >= 4 is 17.5 Å². The number of carbonyl (C=O) groups is 1. The highest BCUT2D eigenvalue weighted by Crippen LogP contribution is 2.44. The van der Waals surface area contributed by atoms with Crippen LogP contribution in [0.25, 0.3) is 0 Å². The van der Waals surface area contributed by atoms with Crippen molar-refractivity contribution in [1.29, 1.82) is 0 Å². The Bertz CT molecular complexity index is 241. The van der Waals surface area contributed by atoms with Crippen molar-refractivity contribution in [2.75, 3.05) is 6.54 Å². The molecule has 2 atom stereocenters. The summed E-state index contributed by atoms with van der Waals surface area (Å²) in [5, 5.41) is -3.72. The predicted molar refractivity (Wildman–Crippen MR) is 43.6 cm³/mol. The van der Waals surface area contributed by atoms with E-state index in [1.165, 1.54) is 4.90 Å². The second-order valence-corrected chi connectivity index (χ2v) is 4.18. The van der Waals surface area contributed by atoms with Gasteiger partial charge in [0.05, 0.1) is 0 Å². The molecule has 0 aromatic heterocycles. The van der Waals surface area contributed by atoms with E-state index in [4.69, 9.17) is 0 Å². The lowest BCUT2D eigenvalue weighted by Gasteiger charge is -2.27. The summed E-state index contributed by atoms with van der Waals surface area (Å²) < 4.78 is 24.9. The number of halogens is 3. The summed E-state index contributed by atoms with van der Waals surface area (Å²) in [5.41, 5.74) is 0. The van der Waals surface area contributed by atoms with E-state index in [1.807, 2.05) is 0 Å². The van der Waals surface area contributed by atoms with Crippen LogP contribution in [0.4, 0.5) is 8.78 Å². The molecule has 1 aliphatic heterocycles. The van der Waals surface area contributed by atoms with Crippen molar-refractivity contribution < 1.29 is 13.6 Å². The maximum absolute atomic E-state index is 12.5. The monoisotopic (exact) mass is 209 g/mol. The van der Waals surface area contributed by atoms with E-state index in [0.717, 1.165) is 19.3 Å². The van der Waals surface area contributed by atoms with Crippen molar-refractivity contribution in [3.63, 3.8) is 0 Å². The molecule has 0 radical (unpaired) electrons. The number of amides is 1. The van der Waals surface area contributed by atoms with Gasteiger partial charge in [-0.15, -0.1) is 0 Å². The molecular formula is C8H10ClF2NO. The molecule has 13 heavy (non-hydrogen) atoms.